The Kier molecular flexibility index (Phi) is 4.52. The van der Waals surface area contributed by atoms with E-state index in [-0.39, 0.29) is 22.9 Å². The Morgan fingerprint density at radius 1 is 1.26 bits per heavy atom. The molecule has 3 N–H and O–H groups in total. The molecular formula is C17H16FN5O4. The number of alkyl halides is 1. The van der Waals surface area contributed by atoms with Crippen molar-refractivity contribution < 1.29 is 24.1 Å². The molecule has 1 aliphatic rings. The van der Waals surface area contributed by atoms with Gasteiger partial charge < -0.3 is 20.3 Å². The Labute approximate surface area is 152 Å². The number of amides is 1. The zero-order chi connectivity index (χ0) is 19.0. The van der Waals surface area contributed by atoms with E-state index in [0.717, 1.165) is 0 Å². The molecule has 3 heterocycles. The molecule has 9 nitrogen and oxygen atoms in total. The van der Waals surface area contributed by atoms with Crippen molar-refractivity contribution in [2.24, 2.45) is 0 Å². The number of ether oxygens (including phenoxy) is 1. The lowest BCUT2D eigenvalue weighted by molar-refractivity contribution is -0.0459. The van der Waals surface area contributed by atoms with Crippen LogP contribution >= 0.6 is 0 Å². The number of nitrogens with zero attached hydrogens (tertiary/aromatic N) is 4. The van der Waals surface area contributed by atoms with E-state index in [2.05, 4.69) is 20.3 Å². The Bertz CT molecular complexity index is 966. The molecule has 0 spiro atoms. The minimum absolute atomic E-state index is 0.167. The quantitative estimate of drug-likeness (QED) is 0.614. The normalized spacial score (nSPS) is 25.0. The number of nitrogens with one attached hydrogen (secondary N) is 1. The van der Waals surface area contributed by atoms with Crippen molar-refractivity contribution in [2.45, 2.75) is 24.6 Å². The van der Waals surface area contributed by atoms with Crippen LogP contribution < -0.4 is 5.32 Å². The van der Waals surface area contributed by atoms with E-state index in [0.29, 0.717) is 5.56 Å². The Balaban J connectivity index is 1.65. The van der Waals surface area contributed by atoms with E-state index in [1.54, 1.807) is 30.3 Å². The summed E-state index contributed by atoms with van der Waals surface area (Å²) in [6.07, 6.45) is -2.96. The number of carbonyl (C=O) groups excluding carboxylic acids is 1. The van der Waals surface area contributed by atoms with Crippen molar-refractivity contribution in [3.8, 4) is 0 Å². The lowest BCUT2D eigenvalue weighted by atomic mass is 10.1. The third-order valence-corrected chi connectivity index (χ3v) is 4.37. The number of imidazole rings is 1. The summed E-state index contributed by atoms with van der Waals surface area (Å²) in [6.45, 7) is -0.516. The topological polar surface area (TPSA) is 122 Å². The fourth-order valence-corrected chi connectivity index (χ4v) is 2.98. The molecule has 27 heavy (non-hydrogen) atoms. The minimum atomic E-state index is -1.77. The van der Waals surface area contributed by atoms with Crippen molar-refractivity contribution in [1.82, 2.24) is 19.5 Å². The predicted molar refractivity (Wildman–Crippen MR) is 91.6 cm³/mol. The van der Waals surface area contributed by atoms with Gasteiger partial charge in [0.15, 0.2) is 29.4 Å². The van der Waals surface area contributed by atoms with Crippen molar-refractivity contribution >= 4 is 22.9 Å². The molecule has 1 aromatic carbocycles. The van der Waals surface area contributed by atoms with Crippen molar-refractivity contribution in [2.75, 3.05) is 11.9 Å². The number of hydrogen-bond donors (Lipinski definition) is 3. The van der Waals surface area contributed by atoms with Crippen molar-refractivity contribution in [1.29, 1.82) is 0 Å². The smallest absolute Gasteiger partial charge is 0.256 e. The van der Waals surface area contributed by atoms with Crippen LogP contribution in [-0.4, -0.2) is 60.6 Å². The average molecular weight is 373 g/mol. The van der Waals surface area contributed by atoms with Crippen LogP contribution in [0.5, 0.6) is 0 Å². The molecular weight excluding hydrogens is 357 g/mol. The second-order valence-corrected chi connectivity index (χ2v) is 6.05. The average Bonchev–Trinajstić information content (AvgIpc) is 3.25. The van der Waals surface area contributed by atoms with Crippen LogP contribution in [0, 0.1) is 0 Å². The molecule has 4 atom stereocenters. The molecule has 0 aliphatic carbocycles. The maximum absolute atomic E-state index is 14.4. The van der Waals surface area contributed by atoms with E-state index >= 15 is 0 Å². The zero-order valence-electron chi connectivity index (χ0n) is 13.9. The highest BCUT2D eigenvalue weighted by Gasteiger charge is 2.45. The molecule has 0 radical (unpaired) electrons. The molecule has 2 aromatic heterocycles. The van der Waals surface area contributed by atoms with E-state index < -0.39 is 31.2 Å². The maximum Gasteiger partial charge on any atom is 0.256 e. The Hall–Kier alpha value is -2.95. The highest BCUT2D eigenvalue weighted by atomic mass is 19.1. The fraction of sp³-hybridized carbons (Fsp3) is 0.294. The third-order valence-electron chi connectivity index (χ3n) is 4.37. The van der Waals surface area contributed by atoms with Crippen LogP contribution in [-0.2, 0) is 4.74 Å². The number of benzene rings is 1. The summed E-state index contributed by atoms with van der Waals surface area (Å²) in [6, 6.07) is 8.58. The molecule has 1 unspecified atom stereocenters. The van der Waals surface area contributed by atoms with Crippen LogP contribution in [0.3, 0.4) is 0 Å². The van der Waals surface area contributed by atoms with Gasteiger partial charge in [-0.25, -0.2) is 19.3 Å². The summed E-state index contributed by atoms with van der Waals surface area (Å²) >= 11 is 0. The first kappa shape index (κ1) is 17.5. The lowest BCUT2D eigenvalue weighted by Crippen LogP contribution is -2.30. The largest absolute Gasteiger partial charge is 0.394 e. The number of aliphatic hydroxyl groups is 2. The summed E-state index contributed by atoms with van der Waals surface area (Å²) in [4.78, 5) is 24.6. The first-order chi connectivity index (χ1) is 13.1. The number of halogens is 1. The summed E-state index contributed by atoms with van der Waals surface area (Å²) in [5.74, 6) is -0.207. The second-order valence-electron chi connectivity index (χ2n) is 6.05. The van der Waals surface area contributed by atoms with Crippen molar-refractivity contribution in [3.05, 3.63) is 48.5 Å². The van der Waals surface area contributed by atoms with Gasteiger partial charge in [0.2, 0.25) is 0 Å². The monoisotopic (exact) mass is 373 g/mol. The predicted octanol–water partition coefficient (Wildman–Crippen LogP) is 0.667. The fourth-order valence-electron chi connectivity index (χ4n) is 2.98. The van der Waals surface area contributed by atoms with Gasteiger partial charge in [0.05, 0.1) is 12.9 Å². The number of aliphatic hydroxyl groups excluding tert-OH is 2. The highest BCUT2D eigenvalue weighted by Crippen LogP contribution is 2.34. The summed E-state index contributed by atoms with van der Waals surface area (Å²) < 4.78 is 21.1. The van der Waals surface area contributed by atoms with Gasteiger partial charge in [0.1, 0.15) is 18.5 Å². The second kappa shape index (κ2) is 6.99. The first-order valence-electron chi connectivity index (χ1n) is 8.22. The van der Waals surface area contributed by atoms with E-state index in [4.69, 9.17) is 4.74 Å². The summed E-state index contributed by atoms with van der Waals surface area (Å²) in [5, 5.41) is 21.7. The number of fused-ring (bicyclic) bond motifs is 1. The zero-order valence-corrected chi connectivity index (χ0v) is 13.9. The van der Waals surface area contributed by atoms with Gasteiger partial charge in [-0.05, 0) is 12.1 Å². The Morgan fingerprint density at radius 2 is 2.04 bits per heavy atom. The van der Waals surface area contributed by atoms with Gasteiger partial charge in [0.25, 0.3) is 5.91 Å². The van der Waals surface area contributed by atoms with Gasteiger partial charge in [-0.15, -0.1) is 0 Å². The number of hydrogen-bond acceptors (Lipinski definition) is 7. The number of anilines is 1. The molecule has 0 bridgehead atoms. The van der Waals surface area contributed by atoms with Crippen LogP contribution in [0.4, 0.5) is 10.2 Å². The summed E-state index contributed by atoms with van der Waals surface area (Å²) in [7, 11) is 0. The summed E-state index contributed by atoms with van der Waals surface area (Å²) in [5.41, 5.74) is 0.923. The van der Waals surface area contributed by atoms with Gasteiger partial charge in [-0.2, -0.15) is 0 Å². The molecule has 1 amide bonds. The minimum Gasteiger partial charge on any atom is -0.394 e. The lowest BCUT2D eigenvalue weighted by Gasteiger charge is -2.15. The number of aromatic nitrogens is 4. The maximum atomic E-state index is 14.4. The van der Waals surface area contributed by atoms with E-state index in [1.807, 2.05) is 0 Å². The molecule has 3 aromatic rings. The van der Waals surface area contributed by atoms with Gasteiger partial charge in [-0.3, -0.25) is 9.36 Å². The van der Waals surface area contributed by atoms with Crippen LogP contribution in [0.15, 0.2) is 43.0 Å². The van der Waals surface area contributed by atoms with Crippen LogP contribution in [0.25, 0.3) is 11.2 Å². The van der Waals surface area contributed by atoms with Gasteiger partial charge in [-0.1, -0.05) is 18.2 Å². The van der Waals surface area contributed by atoms with Crippen molar-refractivity contribution in [3.63, 3.8) is 0 Å². The molecule has 10 heteroatoms. The van der Waals surface area contributed by atoms with Gasteiger partial charge in [0, 0.05) is 5.56 Å². The molecule has 140 valence electrons. The number of rotatable bonds is 4. The van der Waals surface area contributed by atoms with Crippen LogP contribution in [0.1, 0.15) is 16.6 Å². The Morgan fingerprint density at radius 3 is 2.74 bits per heavy atom. The van der Waals surface area contributed by atoms with E-state index in [1.165, 1.54) is 17.2 Å². The molecule has 4 rings (SSSR count). The molecule has 0 saturated carbocycles. The first-order valence-corrected chi connectivity index (χ1v) is 8.22. The molecule has 1 saturated heterocycles. The molecule has 1 aliphatic heterocycles. The van der Waals surface area contributed by atoms with Crippen LogP contribution in [0.2, 0.25) is 0 Å². The molecule has 1 fully saturated rings. The highest BCUT2D eigenvalue weighted by molar-refractivity contribution is 6.06. The van der Waals surface area contributed by atoms with Gasteiger partial charge >= 0.3 is 0 Å². The standard InChI is InChI=1S/C17H16FN5O4/c18-11-13(25)10(6-24)27-17(11)23-8-21-12-14(19-7-20-15(12)23)22-16(26)9-4-2-1-3-5-9/h1-5,7-8,10-11,13,17,24-25H,6H2,(H,19,20,22,26)/t10-,11+,13?,17-/m1/s1. The third kappa shape index (κ3) is 3.03. The van der Waals surface area contributed by atoms with E-state index in [9.17, 15) is 19.4 Å². The SMILES string of the molecule is O=C(Nc1ncnc2c1ncn2[C@@H]1O[C@H](CO)C(O)[C@@H]1F)c1ccccc1. The number of carbonyl (C=O) groups is 1.